The largest absolute Gasteiger partial charge is 0.497 e. The predicted molar refractivity (Wildman–Crippen MR) is 75.3 cm³/mol. The number of amides is 1. The molecule has 0 unspecified atom stereocenters. The summed E-state index contributed by atoms with van der Waals surface area (Å²) in [6.07, 6.45) is 3.76. The van der Waals surface area contributed by atoms with E-state index in [4.69, 9.17) is 9.84 Å². The van der Waals surface area contributed by atoms with E-state index in [9.17, 15) is 4.79 Å². The molecule has 1 N–H and O–H groups in total. The van der Waals surface area contributed by atoms with Crippen LogP contribution in [0.2, 0.25) is 0 Å². The van der Waals surface area contributed by atoms with E-state index in [2.05, 4.69) is 0 Å². The van der Waals surface area contributed by atoms with E-state index in [1.165, 1.54) is 5.56 Å². The van der Waals surface area contributed by atoms with Crippen LogP contribution in [0, 0.1) is 0 Å². The topological polar surface area (TPSA) is 49.8 Å². The summed E-state index contributed by atoms with van der Waals surface area (Å²) in [7, 11) is 2.66. The molecule has 1 fully saturated rings. The van der Waals surface area contributed by atoms with Gasteiger partial charge in [0.1, 0.15) is 5.75 Å². The Morgan fingerprint density at radius 2 is 1.79 bits per heavy atom. The van der Waals surface area contributed by atoms with E-state index in [0.717, 1.165) is 45.2 Å². The lowest BCUT2D eigenvalue weighted by atomic mass is 10.1. The number of methoxy groups -OCH3 is 1. The van der Waals surface area contributed by atoms with Crippen molar-refractivity contribution < 1.29 is 14.6 Å². The molecule has 1 aliphatic heterocycles. The Labute approximate surface area is 115 Å². The zero-order chi connectivity index (χ0) is 14.1. The summed E-state index contributed by atoms with van der Waals surface area (Å²) in [5.41, 5.74) is 1.19. The lowest BCUT2D eigenvalue weighted by molar-refractivity contribution is -0.130. The first-order valence-corrected chi connectivity index (χ1v) is 6.65. The van der Waals surface area contributed by atoms with Crippen molar-refractivity contribution in [1.82, 2.24) is 4.90 Å². The van der Waals surface area contributed by atoms with Crippen LogP contribution in [0.4, 0.5) is 0 Å². The SMILES string of the molecule is CO.COc1ccc(CCC(=O)N2CCCC2)cc1. The van der Waals surface area contributed by atoms with Gasteiger partial charge in [0.2, 0.25) is 5.91 Å². The van der Waals surface area contributed by atoms with Gasteiger partial charge in [-0.05, 0) is 37.0 Å². The second-order valence-corrected chi connectivity index (χ2v) is 4.44. The van der Waals surface area contributed by atoms with E-state index in [-0.39, 0.29) is 0 Å². The maximum Gasteiger partial charge on any atom is 0.222 e. The standard InChI is InChI=1S/C14H19NO2.CH4O/c1-17-13-7-4-12(5-8-13)6-9-14(16)15-10-2-3-11-15;1-2/h4-5,7-8H,2-3,6,9-11H2,1H3;2H,1H3. The van der Waals surface area contributed by atoms with Crippen LogP contribution in [-0.4, -0.2) is 43.2 Å². The van der Waals surface area contributed by atoms with Gasteiger partial charge in [0, 0.05) is 26.6 Å². The molecular weight excluding hydrogens is 242 g/mol. The van der Waals surface area contributed by atoms with Crippen molar-refractivity contribution >= 4 is 5.91 Å². The first-order valence-electron chi connectivity index (χ1n) is 6.65. The third-order valence-corrected chi connectivity index (χ3v) is 3.25. The van der Waals surface area contributed by atoms with Gasteiger partial charge < -0.3 is 14.7 Å². The lowest BCUT2D eigenvalue weighted by Crippen LogP contribution is -2.27. The Morgan fingerprint density at radius 3 is 2.32 bits per heavy atom. The normalized spacial score (nSPS) is 13.7. The summed E-state index contributed by atoms with van der Waals surface area (Å²) < 4.78 is 5.10. The molecule has 0 atom stereocenters. The molecule has 1 aromatic carbocycles. The summed E-state index contributed by atoms with van der Waals surface area (Å²) in [6, 6.07) is 7.93. The number of aliphatic hydroxyl groups is 1. The Hall–Kier alpha value is -1.55. The highest BCUT2D eigenvalue weighted by atomic mass is 16.5. The van der Waals surface area contributed by atoms with Gasteiger partial charge in [0.15, 0.2) is 0 Å². The van der Waals surface area contributed by atoms with Crippen LogP contribution in [0.25, 0.3) is 0 Å². The number of rotatable bonds is 4. The van der Waals surface area contributed by atoms with Crippen LogP contribution in [0.1, 0.15) is 24.8 Å². The minimum Gasteiger partial charge on any atom is -0.497 e. The number of carbonyl (C=O) groups excluding carboxylic acids is 1. The molecule has 4 heteroatoms. The number of ether oxygens (including phenoxy) is 1. The van der Waals surface area contributed by atoms with Crippen molar-refractivity contribution in [1.29, 1.82) is 0 Å². The number of aliphatic hydroxyl groups excluding tert-OH is 1. The monoisotopic (exact) mass is 265 g/mol. The van der Waals surface area contributed by atoms with Crippen LogP contribution >= 0.6 is 0 Å². The highest BCUT2D eigenvalue weighted by Gasteiger charge is 2.17. The highest BCUT2D eigenvalue weighted by Crippen LogP contribution is 2.14. The summed E-state index contributed by atoms with van der Waals surface area (Å²) in [5.74, 6) is 1.15. The third kappa shape index (κ3) is 4.91. The van der Waals surface area contributed by atoms with Gasteiger partial charge in [0.05, 0.1) is 7.11 Å². The molecule has 0 spiro atoms. The quantitative estimate of drug-likeness (QED) is 0.904. The average Bonchev–Trinajstić information content (AvgIpc) is 3.02. The Balaban J connectivity index is 0.000000861. The van der Waals surface area contributed by atoms with E-state index in [1.54, 1.807) is 7.11 Å². The number of nitrogens with zero attached hydrogens (tertiary/aromatic N) is 1. The number of benzene rings is 1. The molecule has 1 heterocycles. The van der Waals surface area contributed by atoms with Crippen LogP contribution in [-0.2, 0) is 11.2 Å². The first-order chi connectivity index (χ1) is 9.29. The van der Waals surface area contributed by atoms with Crippen LogP contribution in [0.5, 0.6) is 5.75 Å². The highest BCUT2D eigenvalue weighted by molar-refractivity contribution is 5.76. The number of hydrogen-bond acceptors (Lipinski definition) is 3. The molecule has 0 aromatic heterocycles. The van der Waals surface area contributed by atoms with Gasteiger partial charge >= 0.3 is 0 Å². The number of likely N-dealkylation sites (tertiary alicyclic amines) is 1. The Kier molecular flexibility index (Phi) is 6.97. The van der Waals surface area contributed by atoms with Crippen LogP contribution < -0.4 is 4.74 Å². The molecule has 2 rings (SSSR count). The molecule has 106 valence electrons. The van der Waals surface area contributed by atoms with Gasteiger partial charge in [0.25, 0.3) is 0 Å². The molecule has 4 nitrogen and oxygen atoms in total. The second kappa shape index (κ2) is 8.53. The van der Waals surface area contributed by atoms with E-state index in [1.807, 2.05) is 29.2 Å². The van der Waals surface area contributed by atoms with E-state index >= 15 is 0 Å². The maximum atomic E-state index is 11.8. The van der Waals surface area contributed by atoms with Gasteiger partial charge in [-0.3, -0.25) is 4.79 Å². The summed E-state index contributed by atoms with van der Waals surface area (Å²) in [6.45, 7) is 1.89. The third-order valence-electron chi connectivity index (χ3n) is 3.25. The lowest BCUT2D eigenvalue weighted by Gasteiger charge is -2.14. The van der Waals surface area contributed by atoms with Crippen molar-refractivity contribution in [2.75, 3.05) is 27.3 Å². The van der Waals surface area contributed by atoms with E-state index in [0.29, 0.717) is 12.3 Å². The molecule has 1 amide bonds. The molecule has 0 radical (unpaired) electrons. The van der Waals surface area contributed by atoms with Crippen LogP contribution in [0.15, 0.2) is 24.3 Å². The van der Waals surface area contributed by atoms with E-state index < -0.39 is 0 Å². The number of aryl methyl sites for hydroxylation is 1. The molecule has 1 saturated heterocycles. The molecular formula is C15H23NO3. The van der Waals surface area contributed by atoms with Gasteiger partial charge in [-0.1, -0.05) is 12.1 Å². The molecule has 19 heavy (non-hydrogen) atoms. The zero-order valence-electron chi connectivity index (χ0n) is 11.8. The van der Waals surface area contributed by atoms with Crippen molar-refractivity contribution in [3.8, 4) is 5.75 Å². The molecule has 0 aliphatic carbocycles. The number of carbonyl (C=O) groups is 1. The first kappa shape index (κ1) is 15.5. The average molecular weight is 265 g/mol. The molecule has 1 aromatic rings. The van der Waals surface area contributed by atoms with Gasteiger partial charge in [-0.25, -0.2) is 0 Å². The van der Waals surface area contributed by atoms with Crippen molar-refractivity contribution in [3.63, 3.8) is 0 Å². The van der Waals surface area contributed by atoms with Crippen molar-refractivity contribution in [2.24, 2.45) is 0 Å². The maximum absolute atomic E-state index is 11.8. The summed E-state index contributed by atoms with van der Waals surface area (Å²) >= 11 is 0. The summed E-state index contributed by atoms with van der Waals surface area (Å²) in [4.78, 5) is 13.8. The van der Waals surface area contributed by atoms with Gasteiger partial charge in [-0.15, -0.1) is 0 Å². The molecule has 0 saturated carbocycles. The van der Waals surface area contributed by atoms with Crippen LogP contribution in [0.3, 0.4) is 0 Å². The predicted octanol–water partition coefficient (Wildman–Crippen LogP) is 1.86. The fourth-order valence-corrected chi connectivity index (χ4v) is 2.17. The van der Waals surface area contributed by atoms with Crippen molar-refractivity contribution in [3.05, 3.63) is 29.8 Å². The Morgan fingerprint density at radius 1 is 1.21 bits per heavy atom. The fourth-order valence-electron chi connectivity index (χ4n) is 2.17. The number of hydrogen-bond donors (Lipinski definition) is 1. The minimum atomic E-state index is 0.290. The van der Waals surface area contributed by atoms with Gasteiger partial charge in [-0.2, -0.15) is 0 Å². The zero-order valence-corrected chi connectivity index (χ0v) is 11.8. The van der Waals surface area contributed by atoms with Crippen molar-refractivity contribution in [2.45, 2.75) is 25.7 Å². The Bertz CT molecular complexity index is 369. The second-order valence-electron chi connectivity index (χ2n) is 4.44. The molecule has 0 bridgehead atoms. The molecule has 1 aliphatic rings. The summed E-state index contributed by atoms with van der Waals surface area (Å²) in [5, 5.41) is 7.00. The minimum absolute atomic E-state index is 0.290. The fraction of sp³-hybridized carbons (Fsp3) is 0.533. The smallest absolute Gasteiger partial charge is 0.222 e.